The van der Waals surface area contributed by atoms with E-state index in [1.54, 1.807) is 38.1 Å². The van der Waals surface area contributed by atoms with E-state index >= 15 is 0 Å². The Kier molecular flexibility index (Phi) is 5.43. The van der Waals surface area contributed by atoms with Gasteiger partial charge in [0.1, 0.15) is 6.54 Å². The number of imide groups is 1. The van der Waals surface area contributed by atoms with Gasteiger partial charge in [-0.3, -0.25) is 10.1 Å². The predicted molar refractivity (Wildman–Crippen MR) is 93.5 cm³/mol. The monoisotopic (exact) mass is 372 g/mol. The van der Waals surface area contributed by atoms with Crippen LogP contribution in [-0.4, -0.2) is 50.3 Å². The molecule has 0 atom stereocenters. The zero-order valence-corrected chi connectivity index (χ0v) is 15.0. The van der Waals surface area contributed by atoms with Crippen molar-refractivity contribution in [2.45, 2.75) is 45.4 Å². The molecule has 0 spiro atoms. The van der Waals surface area contributed by atoms with Gasteiger partial charge in [0, 0.05) is 11.6 Å². The highest BCUT2D eigenvalue weighted by Crippen LogP contribution is 2.18. The number of hydrogen-bond acceptors (Lipinski definition) is 7. The quantitative estimate of drug-likeness (QED) is 0.721. The summed E-state index contributed by atoms with van der Waals surface area (Å²) in [6.45, 7) is 3.29. The first-order valence-corrected chi connectivity index (χ1v) is 8.60. The van der Waals surface area contributed by atoms with Crippen LogP contribution in [0.2, 0.25) is 0 Å². The van der Waals surface area contributed by atoms with Crippen molar-refractivity contribution in [2.75, 3.05) is 0 Å². The van der Waals surface area contributed by atoms with Crippen LogP contribution in [0.15, 0.2) is 24.3 Å². The highest BCUT2D eigenvalue weighted by Gasteiger charge is 2.24. The molecule has 1 heterocycles. The third kappa shape index (κ3) is 5.33. The normalized spacial score (nSPS) is 13.3. The summed E-state index contributed by atoms with van der Waals surface area (Å²) < 4.78 is 5.16. The summed E-state index contributed by atoms with van der Waals surface area (Å²) >= 11 is 0. The Balaban J connectivity index is 1.62. The maximum atomic E-state index is 12.0. The van der Waals surface area contributed by atoms with Crippen molar-refractivity contribution in [2.24, 2.45) is 0 Å². The van der Waals surface area contributed by atoms with Gasteiger partial charge in [0.25, 0.3) is 5.91 Å². The average molecular weight is 372 g/mol. The van der Waals surface area contributed by atoms with E-state index < -0.39 is 17.9 Å². The zero-order chi connectivity index (χ0) is 19.4. The zero-order valence-electron chi connectivity index (χ0n) is 15.0. The van der Waals surface area contributed by atoms with Gasteiger partial charge in [-0.15, -0.1) is 10.2 Å². The first-order valence-electron chi connectivity index (χ1n) is 8.60. The van der Waals surface area contributed by atoms with Gasteiger partial charge in [0.15, 0.2) is 0 Å². The topological polar surface area (TPSA) is 128 Å². The molecule has 1 saturated carbocycles. The van der Waals surface area contributed by atoms with E-state index in [-0.39, 0.29) is 24.5 Å². The third-order valence-electron chi connectivity index (χ3n) is 3.60. The van der Waals surface area contributed by atoms with Crippen LogP contribution in [0.4, 0.5) is 4.79 Å². The summed E-state index contributed by atoms with van der Waals surface area (Å²) in [6, 6.07) is 6.25. The predicted octanol–water partition coefficient (Wildman–Crippen LogP) is 0.893. The second-order valence-electron chi connectivity index (χ2n) is 6.47. The summed E-state index contributed by atoms with van der Waals surface area (Å²) in [5, 5.41) is 16.7. The van der Waals surface area contributed by atoms with Crippen LogP contribution in [0.5, 0.6) is 0 Å². The fourth-order valence-corrected chi connectivity index (χ4v) is 2.24. The number of aromatic nitrogens is 4. The lowest BCUT2D eigenvalue weighted by molar-refractivity contribution is -0.121. The molecule has 1 aliphatic carbocycles. The van der Waals surface area contributed by atoms with Crippen molar-refractivity contribution < 1.29 is 19.1 Å². The summed E-state index contributed by atoms with van der Waals surface area (Å²) in [7, 11) is 0. The molecule has 0 radical (unpaired) electrons. The lowest BCUT2D eigenvalue weighted by Gasteiger charge is -2.08. The summed E-state index contributed by atoms with van der Waals surface area (Å²) in [5.74, 6) is -0.740. The Bertz CT molecular complexity index is 859. The molecule has 1 aliphatic rings. The number of urea groups is 1. The number of tetrazole rings is 1. The first kappa shape index (κ1) is 18.5. The van der Waals surface area contributed by atoms with Crippen LogP contribution in [-0.2, 0) is 16.1 Å². The van der Waals surface area contributed by atoms with Crippen molar-refractivity contribution >= 4 is 17.9 Å². The fraction of sp³-hybridized carbons (Fsp3) is 0.412. The SMILES string of the molecule is CC(C)OC(=O)c1cccc(-c2nnn(CC(=O)NC(=O)NC3CC3)n2)c1. The van der Waals surface area contributed by atoms with Crippen LogP contribution < -0.4 is 10.6 Å². The molecule has 3 rings (SSSR count). The maximum Gasteiger partial charge on any atom is 0.338 e. The Labute approximate surface area is 155 Å². The number of hydrogen-bond donors (Lipinski definition) is 2. The van der Waals surface area contributed by atoms with Gasteiger partial charge < -0.3 is 10.1 Å². The van der Waals surface area contributed by atoms with E-state index in [1.165, 1.54) is 0 Å². The Hall–Kier alpha value is -3.30. The molecule has 142 valence electrons. The van der Waals surface area contributed by atoms with Crippen molar-refractivity contribution in [3.63, 3.8) is 0 Å². The molecule has 0 unspecified atom stereocenters. The van der Waals surface area contributed by atoms with Gasteiger partial charge in [0.05, 0.1) is 11.7 Å². The van der Waals surface area contributed by atoms with E-state index in [0.717, 1.165) is 17.6 Å². The smallest absolute Gasteiger partial charge is 0.338 e. The van der Waals surface area contributed by atoms with Crippen LogP contribution >= 0.6 is 0 Å². The van der Waals surface area contributed by atoms with Crippen molar-refractivity contribution in [3.8, 4) is 11.4 Å². The van der Waals surface area contributed by atoms with E-state index in [1.807, 2.05) is 0 Å². The summed E-state index contributed by atoms with van der Waals surface area (Å²) in [6.07, 6.45) is 1.63. The van der Waals surface area contributed by atoms with Gasteiger partial charge in [-0.05, 0) is 44.0 Å². The van der Waals surface area contributed by atoms with Crippen molar-refractivity contribution in [1.82, 2.24) is 30.8 Å². The molecule has 1 fully saturated rings. The number of esters is 1. The molecule has 1 aromatic heterocycles. The van der Waals surface area contributed by atoms with Crippen molar-refractivity contribution in [1.29, 1.82) is 0 Å². The minimum atomic E-state index is -0.550. The molecule has 10 nitrogen and oxygen atoms in total. The average Bonchev–Trinajstić information content (AvgIpc) is 3.29. The highest BCUT2D eigenvalue weighted by atomic mass is 16.5. The lowest BCUT2D eigenvalue weighted by atomic mass is 10.1. The summed E-state index contributed by atoms with van der Waals surface area (Å²) in [4.78, 5) is 36.5. The number of benzene rings is 1. The van der Waals surface area contributed by atoms with Crippen LogP contribution in [0, 0.1) is 0 Å². The lowest BCUT2D eigenvalue weighted by Crippen LogP contribution is -2.42. The first-order chi connectivity index (χ1) is 12.9. The van der Waals surface area contributed by atoms with E-state index in [0.29, 0.717) is 11.1 Å². The minimum absolute atomic E-state index is 0.156. The van der Waals surface area contributed by atoms with E-state index in [2.05, 4.69) is 26.0 Å². The third-order valence-corrected chi connectivity index (χ3v) is 3.60. The Morgan fingerprint density at radius 2 is 2.07 bits per heavy atom. The molecule has 2 aromatic rings. The standard InChI is InChI=1S/C17H20N6O4/c1-10(2)27-16(25)12-5-3-4-11(8-12)15-20-22-23(21-15)9-14(24)19-17(26)18-13-6-7-13/h3-5,8,10,13H,6-7,9H2,1-2H3,(H2,18,19,24,26). The second kappa shape index (κ2) is 7.94. The second-order valence-corrected chi connectivity index (χ2v) is 6.47. The van der Waals surface area contributed by atoms with Crippen LogP contribution in [0.1, 0.15) is 37.0 Å². The Morgan fingerprint density at radius 1 is 1.30 bits per heavy atom. The number of nitrogens with one attached hydrogen (secondary N) is 2. The molecule has 1 aromatic carbocycles. The van der Waals surface area contributed by atoms with Crippen LogP contribution in [0.3, 0.4) is 0 Å². The fourth-order valence-electron chi connectivity index (χ4n) is 2.24. The molecule has 27 heavy (non-hydrogen) atoms. The Morgan fingerprint density at radius 3 is 2.78 bits per heavy atom. The molecular weight excluding hydrogens is 352 g/mol. The number of carbonyl (C=O) groups excluding carboxylic acids is 3. The van der Waals surface area contributed by atoms with Gasteiger partial charge in [-0.1, -0.05) is 12.1 Å². The number of rotatable bonds is 6. The molecular formula is C17H20N6O4. The van der Waals surface area contributed by atoms with Gasteiger partial charge in [0.2, 0.25) is 5.82 Å². The largest absolute Gasteiger partial charge is 0.459 e. The minimum Gasteiger partial charge on any atom is -0.459 e. The van der Waals surface area contributed by atoms with Gasteiger partial charge in [-0.25, -0.2) is 9.59 Å². The molecule has 0 saturated heterocycles. The number of carbonyl (C=O) groups is 3. The summed E-state index contributed by atoms with van der Waals surface area (Å²) in [5.41, 5.74) is 0.929. The maximum absolute atomic E-state index is 12.0. The molecule has 2 N–H and O–H groups in total. The molecule has 0 bridgehead atoms. The van der Waals surface area contributed by atoms with Crippen molar-refractivity contribution in [3.05, 3.63) is 29.8 Å². The highest BCUT2D eigenvalue weighted by molar-refractivity contribution is 5.94. The van der Waals surface area contributed by atoms with Crippen LogP contribution in [0.25, 0.3) is 11.4 Å². The van der Waals surface area contributed by atoms with E-state index in [9.17, 15) is 14.4 Å². The van der Waals surface area contributed by atoms with Gasteiger partial charge in [-0.2, -0.15) is 4.80 Å². The van der Waals surface area contributed by atoms with E-state index in [4.69, 9.17) is 4.74 Å². The molecule has 3 amide bonds. The number of amides is 3. The molecule has 10 heteroatoms. The number of nitrogens with zero attached hydrogens (tertiary/aromatic N) is 4. The molecule has 0 aliphatic heterocycles. The van der Waals surface area contributed by atoms with Gasteiger partial charge >= 0.3 is 12.0 Å². The number of ether oxygens (including phenoxy) is 1.